The van der Waals surface area contributed by atoms with Crippen molar-refractivity contribution in [2.24, 2.45) is 5.92 Å². The topological polar surface area (TPSA) is 58.6 Å². The molecule has 4 nitrogen and oxygen atoms in total. The predicted molar refractivity (Wildman–Crippen MR) is 65.3 cm³/mol. The van der Waals surface area contributed by atoms with Crippen LogP contribution in [0.4, 0.5) is 5.69 Å². The summed E-state index contributed by atoms with van der Waals surface area (Å²) in [6.07, 6.45) is 0.661. The maximum atomic E-state index is 12.0. The highest BCUT2D eigenvalue weighted by Crippen LogP contribution is 2.28. The van der Waals surface area contributed by atoms with Gasteiger partial charge in [-0.3, -0.25) is 4.79 Å². The molecule has 0 aromatic heterocycles. The molecule has 1 fully saturated rings. The Labute approximate surface area is 105 Å². The highest BCUT2D eigenvalue weighted by Gasteiger charge is 2.30. The van der Waals surface area contributed by atoms with E-state index in [2.05, 4.69) is 5.32 Å². The predicted octanol–water partition coefficient (Wildman–Crippen LogP) is 2.41. The minimum absolute atomic E-state index is 0.0640. The molecule has 17 heavy (non-hydrogen) atoms. The van der Waals surface area contributed by atoms with E-state index in [1.54, 1.807) is 6.07 Å². The molecule has 1 aliphatic rings. The summed E-state index contributed by atoms with van der Waals surface area (Å²) >= 11 is 5.91. The first kappa shape index (κ1) is 12.2. The van der Waals surface area contributed by atoms with Crippen LogP contribution in [-0.2, 0) is 9.53 Å². The molecule has 0 aliphatic carbocycles. The second-order valence-corrected chi connectivity index (χ2v) is 4.53. The van der Waals surface area contributed by atoms with Gasteiger partial charge >= 0.3 is 0 Å². The first-order valence-electron chi connectivity index (χ1n) is 5.49. The van der Waals surface area contributed by atoms with E-state index in [0.717, 1.165) is 6.42 Å². The zero-order valence-electron chi connectivity index (χ0n) is 9.44. The second-order valence-electron chi connectivity index (χ2n) is 4.12. The molecular weight excluding hydrogens is 242 g/mol. The molecule has 1 aromatic carbocycles. The molecule has 2 rings (SSSR count). The first-order chi connectivity index (χ1) is 8.08. The largest absolute Gasteiger partial charge is 0.508 e. The summed E-state index contributed by atoms with van der Waals surface area (Å²) in [4.78, 5) is 12.0. The smallest absolute Gasteiger partial charge is 0.230 e. The van der Waals surface area contributed by atoms with Crippen molar-refractivity contribution in [1.29, 1.82) is 0 Å². The fraction of sp³-hybridized carbons (Fsp3) is 0.417. The van der Waals surface area contributed by atoms with Crippen LogP contribution in [0.25, 0.3) is 0 Å². The lowest BCUT2D eigenvalue weighted by Gasteiger charge is -2.14. The Morgan fingerprint density at radius 3 is 2.94 bits per heavy atom. The van der Waals surface area contributed by atoms with Crippen LogP contribution in [0.2, 0.25) is 5.02 Å². The van der Waals surface area contributed by atoms with Crippen LogP contribution in [0.15, 0.2) is 18.2 Å². The summed E-state index contributed by atoms with van der Waals surface area (Å²) in [6, 6.07) is 4.46. The standard InChI is InChI=1S/C12H14ClNO3/c1-7-9(4-5-17-7)12(16)14-11-3-2-8(15)6-10(11)13/h2-3,6-7,9,15H,4-5H2,1H3,(H,14,16). The molecule has 0 spiro atoms. The SMILES string of the molecule is CC1OCCC1C(=O)Nc1ccc(O)cc1Cl. The fourth-order valence-corrected chi connectivity index (χ4v) is 2.13. The summed E-state index contributed by atoms with van der Waals surface area (Å²) < 4.78 is 5.34. The maximum absolute atomic E-state index is 12.0. The summed E-state index contributed by atoms with van der Waals surface area (Å²) in [5.74, 6) is -0.159. The summed E-state index contributed by atoms with van der Waals surface area (Å²) in [7, 11) is 0. The van der Waals surface area contributed by atoms with E-state index in [9.17, 15) is 9.90 Å². The lowest BCUT2D eigenvalue weighted by Crippen LogP contribution is -2.27. The zero-order valence-corrected chi connectivity index (χ0v) is 10.2. The van der Waals surface area contributed by atoms with Crippen LogP contribution in [0.1, 0.15) is 13.3 Å². The van der Waals surface area contributed by atoms with E-state index in [1.165, 1.54) is 12.1 Å². The Balaban J connectivity index is 2.07. The zero-order chi connectivity index (χ0) is 12.4. The Bertz CT molecular complexity index is 436. The highest BCUT2D eigenvalue weighted by molar-refractivity contribution is 6.33. The van der Waals surface area contributed by atoms with Crippen LogP contribution >= 0.6 is 11.6 Å². The van der Waals surface area contributed by atoms with Crippen LogP contribution in [0, 0.1) is 5.92 Å². The number of hydrogen-bond acceptors (Lipinski definition) is 3. The summed E-state index contributed by atoms with van der Waals surface area (Å²) in [5.41, 5.74) is 0.508. The Hall–Kier alpha value is -1.26. The highest BCUT2D eigenvalue weighted by atomic mass is 35.5. The van der Waals surface area contributed by atoms with Crippen LogP contribution < -0.4 is 5.32 Å². The van der Waals surface area contributed by atoms with Crippen molar-refractivity contribution >= 4 is 23.2 Å². The van der Waals surface area contributed by atoms with Gasteiger partial charge in [-0.1, -0.05) is 11.6 Å². The van der Waals surface area contributed by atoms with Gasteiger partial charge in [-0.25, -0.2) is 0 Å². The number of anilines is 1. The minimum atomic E-state index is -0.139. The Morgan fingerprint density at radius 2 is 2.35 bits per heavy atom. The molecular formula is C12H14ClNO3. The third-order valence-electron chi connectivity index (χ3n) is 2.92. The molecule has 92 valence electrons. The third kappa shape index (κ3) is 2.70. The van der Waals surface area contributed by atoms with Gasteiger partial charge in [-0.2, -0.15) is 0 Å². The Kier molecular flexibility index (Phi) is 3.54. The van der Waals surface area contributed by atoms with Crippen molar-refractivity contribution < 1.29 is 14.6 Å². The van der Waals surface area contributed by atoms with Gasteiger partial charge < -0.3 is 15.2 Å². The fourth-order valence-electron chi connectivity index (χ4n) is 1.91. The van der Waals surface area contributed by atoms with Gasteiger partial charge in [-0.15, -0.1) is 0 Å². The maximum Gasteiger partial charge on any atom is 0.230 e. The van der Waals surface area contributed by atoms with Gasteiger partial charge in [0, 0.05) is 12.7 Å². The number of halogens is 1. The molecule has 1 aromatic rings. The van der Waals surface area contributed by atoms with Crippen molar-refractivity contribution in [2.45, 2.75) is 19.4 Å². The Morgan fingerprint density at radius 1 is 1.59 bits per heavy atom. The quantitative estimate of drug-likeness (QED) is 0.798. The van der Waals surface area contributed by atoms with E-state index in [4.69, 9.17) is 16.3 Å². The van der Waals surface area contributed by atoms with Crippen LogP contribution in [-0.4, -0.2) is 23.7 Å². The number of phenols is 1. The van der Waals surface area contributed by atoms with E-state index < -0.39 is 0 Å². The minimum Gasteiger partial charge on any atom is -0.508 e. The van der Waals surface area contributed by atoms with E-state index >= 15 is 0 Å². The lowest BCUT2D eigenvalue weighted by atomic mass is 10.0. The number of amides is 1. The second kappa shape index (κ2) is 4.94. The molecule has 2 unspecified atom stereocenters. The molecule has 0 radical (unpaired) electrons. The van der Waals surface area contributed by atoms with Gasteiger partial charge in [0.1, 0.15) is 5.75 Å². The average molecular weight is 256 g/mol. The molecule has 0 saturated carbocycles. The van der Waals surface area contributed by atoms with E-state index in [0.29, 0.717) is 17.3 Å². The van der Waals surface area contributed by atoms with Crippen molar-refractivity contribution in [3.05, 3.63) is 23.2 Å². The van der Waals surface area contributed by atoms with Crippen molar-refractivity contribution in [3.63, 3.8) is 0 Å². The van der Waals surface area contributed by atoms with E-state index in [-0.39, 0.29) is 23.7 Å². The van der Waals surface area contributed by atoms with Crippen LogP contribution in [0.3, 0.4) is 0 Å². The van der Waals surface area contributed by atoms with Crippen molar-refractivity contribution in [3.8, 4) is 5.75 Å². The number of carbonyl (C=O) groups is 1. The van der Waals surface area contributed by atoms with Crippen molar-refractivity contribution in [2.75, 3.05) is 11.9 Å². The monoisotopic (exact) mass is 255 g/mol. The first-order valence-corrected chi connectivity index (χ1v) is 5.86. The van der Waals surface area contributed by atoms with Gasteiger partial charge in [0.15, 0.2) is 0 Å². The number of aromatic hydroxyl groups is 1. The molecule has 1 aliphatic heterocycles. The van der Waals surface area contributed by atoms with Crippen molar-refractivity contribution in [1.82, 2.24) is 0 Å². The molecule has 1 saturated heterocycles. The summed E-state index contributed by atoms with van der Waals surface area (Å²) in [5, 5.41) is 12.3. The number of phenolic OH excluding ortho intramolecular Hbond substituents is 1. The average Bonchev–Trinajstić information content (AvgIpc) is 2.68. The van der Waals surface area contributed by atoms with Gasteiger partial charge in [0.2, 0.25) is 5.91 Å². The molecule has 1 amide bonds. The third-order valence-corrected chi connectivity index (χ3v) is 3.24. The van der Waals surface area contributed by atoms with Crippen LogP contribution in [0.5, 0.6) is 5.75 Å². The van der Waals surface area contributed by atoms with Gasteiger partial charge in [0.25, 0.3) is 0 Å². The molecule has 2 atom stereocenters. The van der Waals surface area contributed by atoms with E-state index in [1.807, 2.05) is 6.92 Å². The number of ether oxygens (including phenoxy) is 1. The lowest BCUT2D eigenvalue weighted by molar-refractivity contribution is -0.121. The molecule has 2 N–H and O–H groups in total. The number of rotatable bonds is 2. The molecule has 1 heterocycles. The number of carbonyl (C=O) groups excluding carboxylic acids is 1. The number of benzene rings is 1. The normalized spacial score (nSPS) is 23.6. The van der Waals surface area contributed by atoms with Gasteiger partial charge in [0.05, 0.1) is 22.7 Å². The number of hydrogen-bond donors (Lipinski definition) is 2. The number of nitrogens with one attached hydrogen (secondary N) is 1. The molecule has 5 heteroatoms. The summed E-state index contributed by atoms with van der Waals surface area (Å²) in [6.45, 7) is 2.50. The van der Waals surface area contributed by atoms with Gasteiger partial charge in [-0.05, 0) is 25.5 Å². The molecule has 0 bridgehead atoms.